The minimum absolute atomic E-state index is 0.167. The van der Waals surface area contributed by atoms with E-state index < -0.39 is 0 Å². The van der Waals surface area contributed by atoms with E-state index in [9.17, 15) is 10.5 Å². The molecule has 138 valence electrons. The van der Waals surface area contributed by atoms with Gasteiger partial charge in [0.15, 0.2) is 0 Å². The maximum absolute atomic E-state index is 9.60. The summed E-state index contributed by atoms with van der Waals surface area (Å²) in [6.45, 7) is 7.39. The minimum Gasteiger partial charge on any atom is -0.299 e. The number of likely N-dealkylation sites (tertiary alicyclic amines) is 1. The number of nitriles is 2. The van der Waals surface area contributed by atoms with Crippen LogP contribution in [0.5, 0.6) is 0 Å². The van der Waals surface area contributed by atoms with Crippen LogP contribution in [0, 0.1) is 34.0 Å². The van der Waals surface area contributed by atoms with Gasteiger partial charge in [-0.3, -0.25) is 4.90 Å². The zero-order chi connectivity index (χ0) is 19.3. The van der Waals surface area contributed by atoms with E-state index in [1.54, 1.807) is 0 Å². The lowest BCUT2D eigenvalue weighted by Gasteiger charge is -2.43. The van der Waals surface area contributed by atoms with Crippen molar-refractivity contribution in [1.82, 2.24) is 4.90 Å². The number of piperidine rings is 1. The molecule has 1 aliphatic rings. The molecule has 0 spiro atoms. The third-order valence-electron chi connectivity index (χ3n) is 6.20. The van der Waals surface area contributed by atoms with Crippen molar-refractivity contribution < 1.29 is 0 Å². The number of rotatable bonds is 5. The Morgan fingerprint density at radius 2 is 1.74 bits per heavy atom. The largest absolute Gasteiger partial charge is 0.299 e. The van der Waals surface area contributed by atoms with Gasteiger partial charge >= 0.3 is 0 Å². The topological polar surface area (TPSA) is 50.8 Å². The van der Waals surface area contributed by atoms with Crippen molar-refractivity contribution >= 4 is 0 Å². The van der Waals surface area contributed by atoms with Crippen molar-refractivity contribution in [2.24, 2.45) is 11.3 Å². The fourth-order valence-electron chi connectivity index (χ4n) is 4.18. The van der Waals surface area contributed by atoms with Gasteiger partial charge in [0.2, 0.25) is 0 Å². The zero-order valence-electron chi connectivity index (χ0n) is 16.3. The first-order valence-electron chi connectivity index (χ1n) is 9.76. The van der Waals surface area contributed by atoms with Gasteiger partial charge in [0.25, 0.3) is 0 Å². The average molecular weight is 358 g/mol. The van der Waals surface area contributed by atoms with E-state index in [1.165, 1.54) is 5.56 Å². The van der Waals surface area contributed by atoms with Crippen molar-refractivity contribution in [3.63, 3.8) is 0 Å². The van der Waals surface area contributed by atoms with Gasteiger partial charge < -0.3 is 0 Å². The van der Waals surface area contributed by atoms with Gasteiger partial charge in [-0.2, -0.15) is 10.5 Å². The molecule has 0 amide bonds. The highest BCUT2D eigenvalue weighted by Crippen LogP contribution is 2.41. The van der Waals surface area contributed by atoms with E-state index in [2.05, 4.69) is 43.0 Å². The van der Waals surface area contributed by atoms with Gasteiger partial charge in [0.1, 0.15) is 0 Å². The number of hydrogen-bond acceptors (Lipinski definition) is 3. The van der Waals surface area contributed by atoms with Crippen LogP contribution in [0.4, 0.5) is 0 Å². The monoisotopic (exact) mass is 357 g/mol. The molecule has 1 aliphatic heterocycles. The number of hydrogen-bond donors (Lipinski definition) is 0. The van der Waals surface area contributed by atoms with Gasteiger partial charge in [0, 0.05) is 13.0 Å². The van der Waals surface area contributed by atoms with Gasteiger partial charge in [-0.15, -0.1) is 0 Å². The Balaban J connectivity index is 1.71. The summed E-state index contributed by atoms with van der Waals surface area (Å²) in [5.41, 5.74) is 4.16. The summed E-state index contributed by atoms with van der Waals surface area (Å²) in [6.07, 6.45) is 2.81. The summed E-state index contributed by atoms with van der Waals surface area (Å²) in [7, 11) is 0. The number of benzene rings is 2. The lowest BCUT2D eigenvalue weighted by molar-refractivity contribution is 0.0617. The quantitative estimate of drug-likeness (QED) is 0.722. The normalized spacial score (nSPS) is 16.6. The molecule has 3 nitrogen and oxygen atoms in total. The molecule has 2 aromatic rings. The lowest BCUT2D eigenvalue weighted by atomic mass is 9.68. The Morgan fingerprint density at radius 3 is 2.33 bits per heavy atom. The molecule has 1 saturated heterocycles. The number of nitrogens with zero attached hydrogens (tertiary/aromatic N) is 3. The molecule has 1 fully saturated rings. The molecule has 3 rings (SSSR count). The summed E-state index contributed by atoms with van der Waals surface area (Å²) in [5.74, 6) is 0.537. The SMILES string of the molecule is CC(C)C1(CC#N)CCN(Cc2ccc(-c3ccccc3)c(C#N)c2)CC1. The molecule has 27 heavy (non-hydrogen) atoms. The Labute approximate surface area is 162 Å². The zero-order valence-corrected chi connectivity index (χ0v) is 16.3. The van der Waals surface area contributed by atoms with E-state index in [-0.39, 0.29) is 5.41 Å². The first kappa shape index (κ1) is 19.2. The van der Waals surface area contributed by atoms with Crippen LogP contribution in [0.2, 0.25) is 0 Å². The van der Waals surface area contributed by atoms with E-state index >= 15 is 0 Å². The maximum Gasteiger partial charge on any atom is 0.0998 e. The summed E-state index contributed by atoms with van der Waals surface area (Å²) < 4.78 is 0. The van der Waals surface area contributed by atoms with Crippen molar-refractivity contribution in [1.29, 1.82) is 10.5 Å². The van der Waals surface area contributed by atoms with Crippen LogP contribution in [0.1, 0.15) is 44.2 Å². The van der Waals surface area contributed by atoms with Crippen LogP contribution in [0.3, 0.4) is 0 Å². The second kappa shape index (κ2) is 8.38. The third-order valence-corrected chi connectivity index (χ3v) is 6.20. The molecule has 0 atom stereocenters. The van der Waals surface area contributed by atoms with Crippen LogP contribution >= 0.6 is 0 Å². The summed E-state index contributed by atoms with van der Waals surface area (Å²) in [6, 6.07) is 21.1. The van der Waals surface area contributed by atoms with Crippen molar-refractivity contribution in [2.75, 3.05) is 13.1 Å². The molecule has 2 aromatic carbocycles. The van der Waals surface area contributed by atoms with E-state index in [1.807, 2.05) is 36.4 Å². The van der Waals surface area contributed by atoms with Crippen LogP contribution in [0.15, 0.2) is 48.5 Å². The van der Waals surface area contributed by atoms with Gasteiger partial charge in [-0.1, -0.05) is 56.3 Å². The second-order valence-corrected chi connectivity index (χ2v) is 7.99. The van der Waals surface area contributed by atoms with Gasteiger partial charge in [0.05, 0.1) is 17.7 Å². The molecular formula is C24H27N3. The average Bonchev–Trinajstić information content (AvgIpc) is 2.70. The van der Waals surface area contributed by atoms with Crippen molar-refractivity contribution in [2.45, 2.75) is 39.7 Å². The van der Waals surface area contributed by atoms with Crippen LogP contribution in [0.25, 0.3) is 11.1 Å². The summed E-state index contributed by atoms with van der Waals surface area (Å²) >= 11 is 0. The van der Waals surface area contributed by atoms with E-state index in [0.717, 1.165) is 49.2 Å². The molecule has 0 unspecified atom stereocenters. The predicted octanol–water partition coefficient (Wildman–Crippen LogP) is 5.38. The van der Waals surface area contributed by atoms with E-state index in [0.29, 0.717) is 12.3 Å². The summed E-state index contributed by atoms with van der Waals surface area (Å²) in [4.78, 5) is 2.46. The van der Waals surface area contributed by atoms with Crippen LogP contribution in [-0.4, -0.2) is 18.0 Å². The van der Waals surface area contributed by atoms with Crippen molar-refractivity contribution in [3.05, 3.63) is 59.7 Å². The highest BCUT2D eigenvalue weighted by atomic mass is 15.1. The molecule has 0 aliphatic carbocycles. The third kappa shape index (κ3) is 4.21. The Kier molecular flexibility index (Phi) is 5.94. The fraction of sp³-hybridized carbons (Fsp3) is 0.417. The molecule has 0 saturated carbocycles. The fourth-order valence-corrected chi connectivity index (χ4v) is 4.18. The summed E-state index contributed by atoms with van der Waals surface area (Å²) in [5, 5.41) is 18.8. The van der Waals surface area contributed by atoms with Gasteiger partial charge in [-0.05, 0) is 60.0 Å². The predicted molar refractivity (Wildman–Crippen MR) is 109 cm³/mol. The van der Waals surface area contributed by atoms with Crippen LogP contribution < -0.4 is 0 Å². The molecule has 0 aromatic heterocycles. The first-order valence-corrected chi connectivity index (χ1v) is 9.76. The standard InChI is InChI=1S/C24H27N3/c1-19(2)24(10-13-25)11-14-27(15-12-24)18-20-8-9-23(22(16-20)17-26)21-6-4-3-5-7-21/h3-9,16,19H,10-12,14-15,18H2,1-2H3. The minimum atomic E-state index is 0.167. The molecular weight excluding hydrogens is 330 g/mol. The Bertz CT molecular complexity index is 847. The highest BCUT2D eigenvalue weighted by molar-refractivity contribution is 5.70. The lowest BCUT2D eigenvalue weighted by Crippen LogP contribution is -2.42. The second-order valence-electron chi connectivity index (χ2n) is 7.99. The Hall–Kier alpha value is -2.62. The highest BCUT2D eigenvalue weighted by Gasteiger charge is 2.37. The molecule has 0 radical (unpaired) electrons. The van der Waals surface area contributed by atoms with Crippen LogP contribution in [-0.2, 0) is 6.54 Å². The molecule has 3 heteroatoms. The smallest absolute Gasteiger partial charge is 0.0998 e. The first-order chi connectivity index (χ1) is 13.1. The maximum atomic E-state index is 9.60. The van der Waals surface area contributed by atoms with Gasteiger partial charge in [-0.25, -0.2) is 0 Å². The van der Waals surface area contributed by atoms with Crippen molar-refractivity contribution in [3.8, 4) is 23.3 Å². The molecule has 0 bridgehead atoms. The van der Waals surface area contributed by atoms with E-state index in [4.69, 9.17) is 0 Å². The molecule has 0 N–H and O–H groups in total. The Morgan fingerprint density at radius 1 is 1.04 bits per heavy atom. The molecule has 1 heterocycles.